The lowest BCUT2D eigenvalue weighted by Gasteiger charge is -2.08. The number of hydrogen-bond acceptors (Lipinski definition) is 3. The third-order valence-corrected chi connectivity index (χ3v) is 4.84. The maximum absolute atomic E-state index is 13.9. The van der Waals surface area contributed by atoms with E-state index < -0.39 is 23.4 Å². The molecule has 2 N–H and O–H groups in total. The van der Waals surface area contributed by atoms with Gasteiger partial charge in [0, 0.05) is 22.7 Å². The molecule has 134 valence electrons. The number of carboxylic acid groups (broad SMARTS) is 1. The molecule has 0 unspecified atom stereocenters. The fourth-order valence-electron chi connectivity index (χ4n) is 2.88. The van der Waals surface area contributed by atoms with Gasteiger partial charge in [0.2, 0.25) is 0 Å². The Bertz CT molecular complexity index is 1070. The second-order valence-corrected chi connectivity index (χ2v) is 6.54. The minimum absolute atomic E-state index is 0.158. The van der Waals surface area contributed by atoms with Crippen molar-refractivity contribution in [2.75, 3.05) is 0 Å². The van der Waals surface area contributed by atoms with Crippen LogP contribution < -0.4 is 0 Å². The van der Waals surface area contributed by atoms with Gasteiger partial charge in [0.1, 0.15) is 0 Å². The van der Waals surface area contributed by atoms with Crippen LogP contribution in [0.25, 0.3) is 10.9 Å². The number of benzene rings is 2. The molecular formula is C18H12Cl2FNO4. The minimum atomic E-state index is -1.11. The van der Waals surface area contributed by atoms with Crippen LogP contribution in [0.15, 0.2) is 30.3 Å². The van der Waals surface area contributed by atoms with Crippen molar-refractivity contribution in [1.29, 1.82) is 0 Å². The maximum Gasteiger partial charge on any atom is 0.307 e. The fraction of sp³-hybridized carbons (Fsp3) is 0.111. The van der Waals surface area contributed by atoms with E-state index in [-0.39, 0.29) is 32.9 Å². The molecule has 1 heterocycles. The normalized spacial score (nSPS) is 11.1. The summed E-state index contributed by atoms with van der Waals surface area (Å²) in [5.41, 5.74) is 1.01. The Labute approximate surface area is 157 Å². The van der Waals surface area contributed by atoms with Crippen molar-refractivity contribution in [3.05, 3.63) is 63.0 Å². The summed E-state index contributed by atoms with van der Waals surface area (Å²) >= 11 is 11.8. The van der Waals surface area contributed by atoms with Crippen molar-refractivity contribution < 1.29 is 24.2 Å². The highest BCUT2D eigenvalue weighted by molar-refractivity contribution is 6.42. The zero-order chi connectivity index (χ0) is 19.2. The van der Waals surface area contributed by atoms with Crippen LogP contribution in [0.4, 0.5) is 4.39 Å². The number of rotatable bonds is 3. The van der Waals surface area contributed by atoms with Crippen LogP contribution in [0.1, 0.15) is 21.6 Å². The number of carbonyl (C=O) groups is 2. The van der Waals surface area contributed by atoms with E-state index in [1.54, 1.807) is 6.92 Å². The lowest BCUT2D eigenvalue weighted by molar-refractivity contribution is -0.136. The van der Waals surface area contributed by atoms with Crippen LogP contribution in [0.5, 0.6) is 5.75 Å². The Kier molecular flexibility index (Phi) is 4.64. The number of nitrogens with zero attached hydrogens (tertiary/aromatic N) is 1. The summed E-state index contributed by atoms with van der Waals surface area (Å²) in [5, 5.41) is 19.5. The Morgan fingerprint density at radius 2 is 1.85 bits per heavy atom. The van der Waals surface area contributed by atoms with E-state index in [0.717, 1.165) is 12.1 Å². The average Bonchev–Trinajstić information content (AvgIpc) is 2.81. The predicted molar refractivity (Wildman–Crippen MR) is 95.8 cm³/mol. The summed E-state index contributed by atoms with van der Waals surface area (Å²) in [6.45, 7) is 1.56. The zero-order valence-electron chi connectivity index (χ0n) is 13.4. The molecule has 2 aromatic carbocycles. The van der Waals surface area contributed by atoms with Crippen LogP contribution >= 0.6 is 23.2 Å². The van der Waals surface area contributed by atoms with Crippen molar-refractivity contribution in [2.24, 2.45) is 0 Å². The van der Waals surface area contributed by atoms with E-state index in [1.807, 2.05) is 0 Å². The number of carboxylic acids is 1. The molecule has 26 heavy (non-hydrogen) atoms. The monoisotopic (exact) mass is 395 g/mol. The first kappa shape index (κ1) is 18.2. The molecule has 0 saturated carbocycles. The van der Waals surface area contributed by atoms with Crippen LogP contribution in [0, 0.1) is 12.7 Å². The maximum atomic E-state index is 13.9. The molecule has 0 spiro atoms. The second kappa shape index (κ2) is 6.63. The van der Waals surface area contributed by atoms with E-state index in [2.05, 4.69) is 0 Å². The Morgan fingerprint density at radius 3 is 2.46 bits per heavy atom. The molecule has 0 amide bonds. The molecule has 0 aliphatic rings. The molecule has 8 heteroatoms. The van der Waals surface area contributed by atoms with Crippen molar-refractivity contribution in [3.63, 3.8) is 0 Å². The van der Waals surface area contributed by atoms with Crippen LogP contribution in [-0.4, -0.2) is 26.7 Å². The number of phenols is 1. The van der Waals surface area contributed by atoms with Crippen LogP contribution in [0.3, 0.4) is 0 Å². The van der Waals surface area contributed by atoms with Crippen molar-refractivity contribution >= 4 is 46.0 Å². The summed E-state index contributed by atoms with van der Waals surface area (Å²) in [6, 6.07) is 6.43. The van der Waals surface area contributed by atoms with Gasteiger partial charge >= 0.3 is 5.97 Å². The number of fused-ring (bicyclic) bond motifs is 1. The van der Waals surface area contributed by atoms with Gasteiger partial charge in [-0.05, 0) is 36.8 Å². The number of phenolic OH excluding ortho intramolecular Hbond substituents is 1. The summed E-state index contributed by atoms with van der Waals surface area (Å²) in [5.74, 6) is -3.17. The number of halogens is 3. The van der Waals surface area contributed by atoms with Crippen LogP contribution in [-0.2, 0) is 11.2 Å². The SMILES string of the molecule is Cc1c(CC(=O)O)c2cc(O)c(F)cc2n1C(=O)c1ccc(Cl)c(Cl)c1. The van der Waals surface area contributed by atoms with Gasteiger partial charge < -0.3 is 10.2 Å². The summed E-state index contributed by atoms with van der Waals surface area (Å²) in [4.78, 5) is 24.2. The standard InChI is InChI=1S/C18H12Cl2FNO4/c1-8-10(6-17(24)25)11-5-16(23)14(21)7-15(11)22(8)18(26)9-2-3-12(19)13(20)4-9/h2-5,7,23H,6H2,1H3,(H,24,25). The van der Waals surface area contributed by atoms with E-state index >= 15 is 0 Å². The van der Waals surface area contributed by atoms with Gasteiger partial charge in [0.15, 0.2) is 11.6 Å². The first-order valence-corrected chi connectivity index (χ1v) is 8.20. The van der Waals surface area contributed by atoms with Gasteiger partial charge in [0.05, 0.1) is 22.0 Å². The molecule has 0 saturated heterocycles. The molecule has 0 aliphatic heterocycles. The fourth-order valence-corrected chi connectivity index (χ4v) is 3.18. The third-order valence-electron chi connectivity index (χ3n) is 4.10. The highest BCUT2D eigenvalue weighted by Gasteiger charge is 2.23. The number of hydrogen-bond donors (Lipinski definition) is 2. The highest BCUT2D eigenvalue weighted by atomic mass is 35.5. The van der Waals surface area contributed by atoms with Gasteiger partial charge in [0.25, 0.3) is 5.91 Å². The molecule has 0 radical (unpaired) electrons. The number of aromatic hydroxyl groups is 1. The largest absolute Gasteiger partial charge is 0.505 e. The van der Waals surface area contributed by atoms with Gasteiger partial charge in [-0.2, -0.15) is 0 Å². The topological polar surface area (TPSA) is 79.5 Å². The van der Waals surface area contributed by atoms with E-state index in [9.17, 15) is 19.1 Å². The van der Waals surface area contributed by atoms with Gasteiger partial charge in [-0.25, -0.2) is 4.39 Å². The molecule has 5 nitrogen and oxygen atoms in total. The third kappa shape index (κ3) is 3.02. The Hall–Kier alpha value is -2.57. The summed E-state index contributed by atoms with van der Waals surface area (Å²) in [7, 11) is 0. The molecule has 0 aliphatic carbocycles. The van der Waals surface area contributed by atoms with Crippen molar-refractivity contribution in [2.45, 2.75) is 13.3 Å². The Morgan fingerprint density at radius 1 is 1.15 bits per heavy atom. The smallest absolute Gasteiger partial charge is 0.307 e. The van der Waals surface area contributed by atoms with Gasteiger partial charge in [-0.1, -0.05) is 23.2 Å². The Balaban J connectivity index is 2.29. The van der Waals surface area contributed by atoms with Crippen molar-refractivity contribution in [3.8, 4) is 5.75 Å². The van der Waals surface area contributed by atoms with E-state index in [1.165, 1.54) is 22.8 Å². The molecule has 1 aromatic heterocycles. The second-order valence-electron chi connectivity index (χ2n) is 5.72. The lowest BCUT2D eigenvalue weighted by Crippen LogP contribution is -2.14. The molecule has 0 fully saturated rings. The van der Waals surface area contributed by atoms with E-state index in [0.29, 0.717) is 11.3 Å². The first-order chi connectivity index (χ1) is 12.2. The van der Waals surface area contributed by atoms with Gasteiger partial charge in [-0.3, -0.25) is 14.2 Å². The predicted octanol–water partition coefficient (Wildman–Crippen LogP) is 4.42. The van der Waals surface area contributed by atoms with Gasteiger partial charge in [-0.15, -0.1) is 0 Å². The summed E-state index contributed by atoms with van der Waals surface area (Å²) < 4.78 is 15.1. The number of aliphatic carboxylic acids is 1. The summed E-state index contributed by atoms with van der Waals surface area (Å²) in [6.07, 6.45) is -0.380. The van der Waals surface area contributed by atoms with E-state index in [4.69, 9.17) is 28.3 Å². The van der Waals surface area contributed by atoms with Crippen molar-refractivity contribution in [1.82, 2.24) is 4.57 Å². The molecule has 0 atom stereocenters. The first-order valence-electron chi connectivity index (χ1n) is 7.44. The average molecular weight is 396 g/mol. The number of aromatic nitrogens is 1. The minimum Gasteiger partial charge on any atom is -0.505 e. The molecular weight excluding hydrogens is 384 g/mol. The van der Waals surface area contributed by atoms with Crippen LogP contribution in [0.2, 0.25) is 10.0 Å². The lowest BCUT2D eigenvalue weighted by atomic mass is 10.1. The highest BCUT2D eigenvalue weighted by Crippen LogP contribution is 2.32. The quantitative estimate of drug-likeness (QED) is 0.687. The zero-order valence-corrected chi connectivity index (χ0v) is 14.9. The molecule has 3 aromatic rings. The molecule has 0 bridgehead atoms. The number of carbonyl (C=O) groups excluding carboxylic acids is 1. The molecule has 3 rings (SSSR count).